The first kappa shape index (κ1) is 25.4. The van der Waals surface area contributed by atoms with Crippen LogP contribution in [0.4, 0.5) is 5.69 Å². The number of rotatable bonds is 8. The van der Waals surface area contributed by atoms with Crippen molar-refractivity contribution in [2.75, 3.05) is 25.7 Å². The summed E-state index contributed by atoms with van der Waals surface area (Å²) in [6.07, 6.45) is 0. The average Bonchev–Trinajstić information content (AvgIpc) is 3.46. The number of carbonyl (C=O) groups excluding carboxylic acids is 2. The monoisotopic (exact) mass is 577 g/mol. The van der Waals surface area contributed by atoms with Crippen LogP contribution >= 0.6 is 15.9 Å². The van der Waals surface area contributed by atoms with Crippen LogP contribution in [0.3, 0.4) is 0 Å². The van der Waals surface area contributed by atoms with E-state index in [2.05, 4.69) is 15.9 Å². The molecular formula is C29H24BrNO7. The SMILES string of the molecule is CCOc1cc(C2C(C(=O)c3cc4cc(Br)ccc4o3)=C(O)C(=O)N2c2ccc(OC)cc2)ccc1OC. The highest BCUT2D eigenvalue weighted by Gasteiger charge is 2.45. The number of Topliss-reactive ketones (excluding diaryl/α,β-unsaturated/α-hetero) is 1. The van der Waals surface area contributed by atoms with Crippen LogP contribution in [-0.2, 0) is 4.79 Å². The molecule has 3 aromatic carbocycles. The zero-order valence-electron chi connectivity index (χ0n) is 20.9. The number of halogens is 1. The largest absolute Gasteiger partial charge is 0.503 e. The van der Waals surface area contributed by atoms with Crippen molar-refractivity contribution in [1.82, 2.24) is 0 Å². The van der Waals surface area contributed by atoms with Crippen LogP contribution in [-0.4, -0.2) is 37.6 Å². The predicted octanol–water partition coefficient (Wildman–Crippen LogP) is 6.39. The van der Waals surface area contributed by atoms with Crippen molar-refractivity contribution in [2.24, 2.45) is 0 Å². The second-order valence-corrected chi connectivity index (χ2v) is 9.42. The van der Waals surface area contributed by atoms with E-state index in [-0.39, 0.29) is 11.3 Å². The highest BCUT2D eigenvalue weighted by atomic mass is 79.9. The van der Waals surface area contributed by atoms with Gasteiger partial charge in [-0.25, -0.2) is 0 Å². The molecule has 5 rings (SSSR count). The van der Waals surface area contributed by atoms with Gasteiger partial charge in [-0.3, -0.25) is 14.5 Å². The number of aliphatic hydroxyl groups is 1. The number of methoxy groups -OCH3 is 2. The summed E-state index contributed by atoms with van der Waals surface area (Å²) in [5.41, 5.74) is 1.42. The third-order valence-corrected chi connectivity index (χ3v) is 6.80. The molecule has 0 saturated carbocycles. The summed E-state index contributed by atoms with van der Waals surface area (Å²) in [6, 6.07) is 17.9. The van der Waals surface area contributed by atoms with Crippen molar-refractivity contribution >= 4 is 44.3 Å². The molecule has 0 spiro atoms. The maximum absolute atomic E-state index is 13.9. The Morgan fingerprint density at radius 3 is 2.45 bits per heavy atom. The Balaban J connectivity index is 1.66. The van der Waals surface area contributed by atoms with E-state index < -0.39 is 23.5 Å². The molecule has 0 saturated heterocycles. The van der Waals surface area contributed by atoms with Crippen LogP contribution in [0.25, 0.3) is 11.0 Å². The maximum atomic E-state index is 13.9. The van der Waals surface area contributed by atoms with Crippen LogP contribution in [0.1, 0.15) is 29.1 Å². The number of nitrogens with zero attached hydrogens (tertiary/aromatic N) is 1. The minimum atomic E-state index is -0.964. The average molecular weight is 578 g/mol. The molecule has 1 unspecified atom stereocenters. The summed E-state index contributed by atoms with van der Waals surface area (Å²) < 4.78 is 23.1. The normalized spacial score (nSPS) is 15.3. The van der Waals surface area contributed by atoms with E-state index in [4.69, 9.17) is 18.6 Å². The minimum absolute atomic E-state index is 0.00701. The number of furan rings is 1. The van der Waals surface area contributed by atoms with Gasteiger partial charge in [-0.2, -0.15) is 0 Å². The number of amides is 1. The van der Waals surface area contributed by atoms with Gasteiger partial charge in [0, 0.05) is 15.5 Å². The Bertz CT molecular complexity index is 1570. The molecule has 1 N–H and O–H groups in total. The lowest BCUT2D eigenvalue weighted by atomic mass is 9.94. The molecule has 8 nitrogen and oxygen atoms in total. The van der Waals surface area contributed by atoms with Gasteiger partial charge >= 0.3 is 0 Å². The molecular weight excluding hydrogens is 554 g/mol. The maximum Gasteiger partial charge on any atom is 0.294 e. The topological polar surface area (TPSA) is 98.4 Å². The number of ether oxygens (including phenoxy) is 3. The molecule has 0 bridgehead atoms. The third kappa shape index (κ3) is 4.39. The minimum Gasteiger partial charge on any atom is -0.503 e. The number of anilines is 1. The first-order chi connectivity index (χ1) is 18.4. The Kier molecular flexibility index (Phi) is 6.86. The lowest BCUT2D eigenvalue weighted by molar-refractivity contribution is -0.117. The van der Waals surface area contributed by atoms with Gasteiger partial charge in [0.1, 0.15) is 11.3 Å². The van der Waals surface area contributed by atoms with Crippen LogP contribution in [0.5, 0.6) is 17.2 Å². The number of fused-ring (bicyclic) bond motifs is 1. The number of carbonyl (C=O) groups is 2. The van der Waals surface area contributed by atoms with Gasteiger partial charge in [0.25, 0.3) is 5.91 Å². The third-order valence-electron chi connectivity index (χ3n) is 6.31. The summed E-state index contributed by atoms with van der Waals surface area (Å²) in [6.45, 7) is 2.22. The number of hydrogen-bond donors (Lipinski definition) is 1. The molecule has 9 heteroatoms. The van der Waals surface area contributed by atoms with Crippen molar-refractivity contribution < 1.29 is 33.3 Å². The van der Waals surface area contributed by atoms with E-state index in [9.17, 15) is 14.7 Å². The quantitative estimate of drug-likeness (QED) is 0.242. The van der Waals surface area contributed by atoms with Gasteiger partial charge in [0.15, 0.2) is 23.0 Å². The Labute approximate surface area is 227 Å². The Morgan fingerprint density at radius 1 is 1.00 bits per heavy atom. The summed E-state index contributed by atoms with van der Waals surface area (Å²) >= 11 is 3.42. The van der Waals surface area contributed by atoms with Crippen molar-refractivity contribution in [3.05, 3.63) is 93.9 Å². The second-order valence-electron chi connectivity index (χ2n) is 8.50. The first-order valence-corrected chi connectivity index (χ1v) is 12.6. The summed E-state index contributed by atoms with van der Waals surface area (Å²) in [7, 11) is 3.07. The second kappa shape index (κ2) is 10.3. The van der Waals surface area contributed by atoms with Crippen molar-refractivity contribution in [3.8, 4) is 17.2 Å². The fraction of sp³-hybridized carbons (Fsp3) is 0.172. The molecule has 1 atom stereocenters. The number of ketones is 1. The predicted molar refractivity (Wildman–Crippen MR) is 145 cm³/mol. The van der Waals surface area contributed by atoms with Gasteiger partial charge in [-0.05, 0) is 73.2 Å². The van der Waals surface area contributed by atoms with Gasteiger partial charge < -0.3 is 23.7 Å². The van der Waals surface area contributed by atoms with Gasteiger partial charge in [-0.1, -0.05) is 22.0 Å². The molecule has 0 fully saturated rings. The molecule has 0 radical (unpaired) electrons. The van der Waals surface area contributed by atoms with E-state index in [0.29, 0.717) is 46.1 Å². The first-order valence-electron chi connectivity index (χ1n) is 11.8. The van der Waals surface area contributed by atoms with Crippen LogP contribution in [0, 0.1) is 0 Å². The van der Waals surface area contributed by atoms with Crippen LogP contribution in [0.2, 0.25) is 0 Å². The fourth-order valence-electron chi connectivity index (χ4n) is 4.55. The molecule has 1 aromatic heterocycles. The highest BCUT2D eigenvalue weighted by molar-refractivity contribution is 9.10. The summed E-state index contributed by atoms with van der Waals surface area (Å²) in [5.74, 6) is -0.406. The number of hydrogen-bond acceptors (Lipinski definition) is 7. The van der Waals surface area contributed by atoms with Crippen molar-refractivity contribution in [3.63, 3.8) is 0 Å². The zero-order valence-corrected chi connectivity index (χ0v) is 22.4. The van der Waals surface area contributed by atoms with Gasteiger partial charge in [0.2, 0.25) is 5.78 Å². The van der Waals surface area contributed by atoms with E-state index in [1.807, 2.05) is 13.0 Å². The Hall–Kier alpha value is -4.24. The molecule has 1 aliphatic rings. The molecule has 1 amide bonds. The zero-order chi connectivity index (χ0) is 27.0. The standard InChI is InChI=1S/C29H24BrNO7/c1-4-37-23-14-16(5-11-22(23)36-3)26-25(27(32)24-15-17-13-18(30)6-12-21(17)38-24)28(33)29(34)31(26)19-7-9-20(35-2)10-8-19/h5-15,26,33H,4H2,1-3H3. The summed E-state index contributed by atoms with van der Waals surface area (Å²) in [4.78, 5) is 28.7. The summed E-state index contributed by atoms with van der Waals surface area (Å²) in [5, 5.41) is 11.8. The van der Waals surface area contributed by atoms with Crippen LogP contribution < -0.4 is 19.1 Å². The number of benzene rings is 3. The molecule has 4 aromatic rings. The number of aliphatic hydroxyl groups excluding tert-OH is 1. The lowest BCUT2D eigenvalue weighted by Gasteiger charge is -2.27. The lowest BCUT2D eigenvalue weighted by Crippen LogP contribution is -2.31. The molecule has 2 heterocycles. The molecule has 194 valence electrons. The van der Waals surface area contributed by atoms with E-state index in [1.54, 1.807) is 67.8 Å². The Morgan fingerprint density at radius 2 is 1.76 bits per heavy atom. The van der Waals surface area contributed by atoms with Crippen LogP contribution in [0.15, 0.2) is 87.0 Å². The molecule has 0 aliphatic carbocycles. The molecule has 1 aliphatic heterocycles. The van der Waals surface area contributed by atoms with Gasteiger partial charge in [0.05, 0.1) is 32.4 Å². The van der Waals surface area contributed by atoms with Gasteiger partial charge in [-0.15, -0.1) is 0 Å². The van der Waals surface area contributed by atoms with Crippen molar-refractivity contribution in [1.29, 1.82) is 0 Å². The smallest absolute Gasteiger partial charge is 0.294 e. The van der Waals surface area contributed by atoms with E-state index in [0.717, 1.165) is 4.47 Å². The van der Waals surface area contributed by atoms with E-state index >= 15 is 0 Å². The molecule has 38 heavy (non-hydrogen) atoms. The fourth-order valence-corrected chi connectivity index (χ4v) is 4.93. The van der Waals surface area contributed by atoms with E-state index in [1.165, 1.54) is 12.0 Å². The van der Waals surface area contributed by atoms with Crippen molar-refractivity contribution in [2.45, 2.75) is 13.0 Å². The highest BCUT2D eigenvalue weighted by Crippen LogP contribution is 2.44.